The van der Waals surface area contributed by atoms with Gasteiger partial charge >= 0.3 is 5.65 Å². The number of nitrogens with zero attached hydrogens (tertiary/aromatic N) is 8. The number of aromatic nitrogens is 6. The van der Waals surface area contributed by atoms with Crippen LogP contribution in [0.25, 0.3) is 11.0 Å². The van der Waals surface area contributed by atoms with Crippen LogP contribution < -0.4 is 14.8 Å². The third-order valence-electron chi connectivity index (χ3n) is 3.98. The lowest BCUT2D eigenvalue weighted by atomic mass is 9.91. The van der Waals surface area contributed by atoms with Crippen LogP contribution in [0.1, 0.15) is 58.8 Å². The number of azo groups is 1. The number of aryl methyl sites for hydroxylation is 1. The van der Waals surface area contributed by atoms with Crippen molar-refractivity contribution in [2.45, 2.75) is 59.3 Å². The summed E-state index contributed by atoms with van der Waals surface area (Å²) in [6, 6.07) is 0. The summed E-state index contributed by atoms with van der Waals surface area (Å²) in [7, 11) is 1.73. The molecule has 3 heterocycles. The highest BCUT2D eigenvalue weighted by Gasteiger charge is 2.22. The number of hydrogen-bond acceptors (Lipinski definition) is 4. The molecule has 0 aliphatic carbocycles. The molecule has 3 rings (SSSR count). The van der Waals surface area contributed by atoms with E-state index in [1.165, 1.54) is 4.63 Å². The molecule has 0 fully saturated rings. The minimum absolute atomic E-state index is 0.120. The fraction of sp³-hybridized carbons (Fsp3) is 0.588. The minimum atomic E-state index is -0.218. The van der Waals surface area contributed by atoms with Crippen molar-refractivity contribution in [3.8, 4) is 0 Å². The molecule has 0 saturated carbocycles. The monoisotopic (exact) mass is 355 g/mol. The topological polar surface area (TPSA) is 113 Å². The van der Waals surface area contributed by atoms with E-state index in [4.69, 9.17) is 0 Å². The van der Waals surface area contributed by atoms with Crippen molar-refractivity contribution in [2.75, 3.05) is 7.05 Å². The zero-order valence-corrected chi connectivity index (χ0v) is 16.6. The van der Waals surface area contributed by atoms with Crippen molar-refractivity contribution in [2.24, 2.45) is 10.2 Å². The maximum absolute atomic E-state index is 4.54. The van der Waals surface area contributed by atoms with Gasteiger partial charge in [-0.2, -0.15) is 5.10 Å². The van der Waals surface area contributed by atoms with Crippen molar-refractivity contribution in [3.63, 3.8) is 0 Å². The third-order valence-corrected chi connectivity index (χ3v) is 3.98. The normalized spacial score (nSPS) is 13.2. The predicted molar refractivity (Wildman–Crippen MR) is 97.9 cm³/mol. The Morgan fingerprint density at radius 1 is 1.04 bits per heavy atom. The van der Waals surface area contributed by atoms with E-state index in [-0.39, 0.29) is 10.8 Å². The van der Waals surface area contributed by atoms with Gasteiger partial charge in [-0.15, -0.1) is 17.3 Å². The molecule has 0 atom stereocenters. The van der Waals surface area contributed by atoms with Crippen LogP contribution in [0.2, 0.25) is 0 Å². The van der Waals surface area contributed by atoms with Gasteiger partial charge in [0.15, 0.2) is 11.5 Å². The zero-order chi connectivity index (χ0) is 19.3. The first kappa shape index (κ1) is 18.1. The largest absolute Gasteiger partial charge is 0.682 e. The zero-order valence-electron chi connectivity index (χ0n) is 16.6. The van der Waals surface area contributed by atoms with Crippen LogP contribution in [-0.2, 0) is 10.8 Å². The summed E-state index contributed by atoms with van der Waals surface area (Å²) in [6.45, 7) is 14.3. The maximum atomic E-state index is 4.54. The van der Waals surface area contributed by atoms with Crippen molar-refractivity contribution >= 4 is 22.8 Å². The highest BCUT2D eigenvalue weighted by atomic mass is 15.5. The fourth-order valence-corrected chi connectivity index (χ4v) is 2.70. The molecule has 3 aromatic rings. The molecule has 3 aromatic heterocycles. The second kappa shape index (κ2) is 5.93. The lowest BCUT2D eigenvalue weighted by Gasteiger charge is -2.24. The molecule has 140 valence electrons. The first-order valence-corrected chi connectivity index (χ1v) is 8.53. The van der Waals surface area contributed by atoms with Gasteiger partial charge in [0.2, 0.25) is 0 Å². The van der Waals surface area contributed by atoms with Crippen LogP contribution in [0.4, 0.5) is 17.2 Å². The van der Waals surface area contributed by atoms with Crippen LogP contribution >= 0.6 is 0 Å². The van der Waals surface area contributed by atoms with Crippen molar-refractivity contribution in [1.82, 2.24) is 25.4 Å². The second-order valence-corrected chi connectivity index (χ2v) is 8.36. The first-order chi connectivity index (χ1) is 12.0. The molecule has 0 unspecified atom stereocenters. The Kier molecular flexibility index (Phi) is 4.12. The Bertz CT molecular complexity index is 957. The van der Waals surface area contributed by atoms with Crippen LogP contribution in [0.3, 0.4) is 0 Å². The van der Waals surface area contributed by atoms with E-state index in [9.17, 15) is 0 Å². The summed E-state index contributed by atoms with van der Waals surface area (Å²) >= 11 is 0. The summed E-state index contributed by atoms with van der Waals surface area (Å²) in [5, 5.41) is 29.3. The molecule has 0 aliphatic rings. The predicted octanol–water partition coefficient (Wildman–Crippen LogP) is 3.41. The molecule has 0 saturated heterocycles. The van der Waals surface area contributed by atoms with Crippen molar-refractivity contribution in [1.29, 1.82) is 0 Å². The van der Waals surface area contributed by atoms with E-state index in [1.54, 1.807) is 7.05 Å². The average Bonchev–Trinajstić information content (AvgIpc) is 3.15. The van der Waals surface area contributed by atoms with E-state index < -0.39 is 0 Å². The van der Waals surface area contributed by atoms with Gasteiger partial charge in [-0.3, -0.25) is 5.10 Å². The molecule has 1 N–H and O–H groups in total. The molecule has 0 amide bonds. The van der Waals surface area contributed by atoms with Gasteiger partial charge in [0, 0.05) is 11.1 Å². The van der Waals surface area contributed by atoms with E-state index in [1.807, 2.05) is 6.92 Å². The van der Waals surface area contributed by atoms with Gasteiger partial charge in [0.1, 0.15) is 0 Å². The van der Waals surface area contributed by atoms with Crippen molar-refractivity contribution < 1.29 is 4.63 Å². The Morgan fingerprint density at radius 2 is 1.73 bits per heavy atom. The van der Waals surface area contributed by atoms with Crippen molar-refractivity contribution in [3.05, 3.63) is 22.5 Å². The quantitative estimate of drug-likeness (QED) is 0.573. The van der Waals surface area contributed by atoms with Crippen LogP contribution in [0.15, 0.2) is 10.2 Å². The van der Waals surface area contributed by atoms with Gasteiger partial charge in [-0.05, 0) is 12.3 Å². The second-order valence-electron chi connectivity index (χ2n) is 8.36. The Labute approximate surface area is 152 Å². The first-order valence-electron chi connectivity index (χ1n) is 8.53. The fourth-order valence-electron chi connectivity index (χ4n) is 2.70. The molecule has 9 heteroatoms. The standard InChI is InChI=1S/C17H25N9/c1-9-19-15-11(13(17(5,6)7)25-26(15)24-9)20-22-14-10(18-8)12(21-23-14)16(2,3)4/h1-8H3,(H-,19,21,23,24)/q-2. The molecular weight excluding hydrogens is 330 g/mol. The molecule has 0 bridgehead atoms. The van der Waals surface area contributed by atoms with Crippen LogP contribution in [0.5, 0.6) is 0 Å². The van der Waals surface area contributed by atoms with Gasteiger partial charge < -0.3 is 20.1 Å². The third kappa shape index (κ3) is 3.09. The summed E-state index contributed by atoms with van der Waals surface area (Å²) in [6.07, 6.45) is 0. The van der Waals surface area contributed by atoms with Gasteiger partial charge in [0.25, 0.3) is 0 Å². The Balaban J connectivity index is 2.10. The summed E-state index contributed by atoms with van der Waals surface area (Å²) in [5.74, 6) is 1.09. The average molecular weight is 355 g/mol. The van der Waals surface area contributed by atoms with Crippen LogP contribution in [-0.4, -0.2) is 22.2 Å². The van der Waals surface area contributed by atoms with E-state index in [2.05, 4.69) is 82.5 Å². The molecule has 0 spiro atoms. The Hall–Kier alpha value is -2.71. The lowest BCUT2D eigenvalue weighted by molar-refractivity contribution is -0.649. The number of aromatic amines is 1. The SMILES string of the molecule is C[N-]c1c(N=Nc2c(C(C)(C)C)[n-][n+]3[n-]c(C)nc23)n[nH]c1C(C)(C)C. The van der Waals surface area contributed by atoms with E-state index in [0.717, 1.165) is 11.4 Å². The number of H-pyrrole nitrogens is 1. The molecule has 26 heavy (non-hydrogen) atoms. The molecule has 0 radical (unpaired) electrons. The highest BCUT2D eigenvalue weighted by molar-refractivity contribution is 5.69. The van der Waals surface area contributed by atoms with Gasteiger partial charge in [-0.1, -0.05) is 57.9 Å². The van der Waals surface area contributed by atoms with Gasteiger partial charge in [-0.25, -0.2) is 0 Å². The minimum Gasteiger partial charge on any atom is -0.682 e. The number of nitrogens with one attached hydrogen (secondary N) is 1. The highest BCUT2D eigenvalue weighted by Crippen LogP contribution is 2.40. The number of rotatable bonds is 3. The number of fused-ring (bicyclic) bond motifs is 1. The molecular formula is C17H25N9-2. The van der Waals surface area contributed by atoms with Crippen LogP contribution in [0, 0.1) is 6.92 Å². The molecule has 9 nitrogen and oxygen atoms in total. The summed E-state index contributed by atoms with van der Waals surface area (Å²) < 4.78 is 1.51. The lowest BCUT2D eigenvalue weighted by Crippen LogP contribution is -2.31. The smallest absolute Gasteiger partial charge is 0.325 e. The van der Waals surface area contributed by atoms with E-state index in [0.29, 0.717) is 28.7 Å². The van der Waals surface area contributed by atoms with Gasteiger partial charge in [0.05, 0.1) is 5.82 Å². The molecule has 0 aliphatic heterocycles. The number of hydrogen-bond donors (Lipinski definition) is 1. The Morgan fingerprint density at radius 3 is 2.31 bits per heavy atom. The summed E-state index contributed by atoms with van der Waals surface area (Å²) in [5.41, 5.74) is 3.30. The maximum Gasteiger partial charge on any atom is 0.325 e. The summed E-state index contributed by atoms with van der Waals surface area (Å²) in [4.78, 5) is 4.43. The van der Waals surface area contributed by atoms with E-state index >= 15 is 0 Å². The molecule has 0 aromatic carbocycles.